The monoisotopic (exact) mass is 328 g/mol. The third-order valence-corrected chi connectivity index (χ3v) is 5.78. The second-order valence-electron chi connectivity index (χ2n) is 4.67. The summed E-state index contributed by atoms with van der Waals surface area (Å²) in [5, 5.41) is 0. The van der Waals surface area contributed by atoms with E-state index in [1.165, 1.54) is 17.9 Å². The predicted octanol–water partition coefficient (Wildman–Crippen LogP) is 2.82. The Morgan fingerprint density at radius 2 is 1.95 bits per heavy atom. The Labute approximate surface area is 127 Å². The van der Waals surface area contributed by atoms with Crippen molar-refractivity contribution >= 4 is 27.0 Å². The van der Waals surface area contributed by atoms with Gasteiger partial charge in [-0.05, 0) is 37.6 Å². The van der Waals surface area contributed by atoms with Crippen LogP contribution in [0.1, 0.15) is 22.2 Å². The molecule has 2 aromatic rings. The summed E-state index contributed by atoms with van der Waals surface area (Å²) in [7, 11) is -3.78. The molecule has 1 aromatic heterocycles. The first kappa shape index (κ1) is 15.9. The number of rotatable bonds is 5. The molecule has 1 heterocycles. The van der Waals surface area contributed by atoms with Gasteiger partial charge in [0.1, 0.15) is 5.82 Å². The number of aryl methyl sites for hydroxylation is 1. The standard InChI is InChI=1S/C14H17FN2O2S2/c1-3-10-4-5-11(20-10)8-17-21(18,19)12-6-13(15)9(2)14(16)7-12/h4-7,17H,3,8,16H2,1-2H3. The lowest BCUT2D eigenvalue weighted by Gasteiger charge is -2.09. The van der Waals surface area contributed by atoms with E-state index in [-0.39, 0.29) is 22.7 Å². The van der Waals surface area contributed by atoms with Gasteiger partial charge >= 0.3 is 0 Å². The number of nitrogens with two attached hydrogens (primary N) is 1. The highest BCUT2D eigenvalue weighted by molar-refractivity contribution is 7.89. The smallest absolute Gasteiger partial charge is 0.241 e. The van der Waals surface area contributed by atoms with Crippen molar-refractivity contribution in [2.75, 3.05) is 5.73 Å². The molecule has 0 unspecified atom stereocenters. The zero-order chi connectivity index (χ0) is 15.6. The van der Waals surface area contributed by atoms with Gasteiger partial charge in [-0.1, -0.05) is 6.92 Å². The third-order valence-electron chi connectivity index (χ3n) is 3.17. The molecule has 0 atom stereocenters. The molecule has 0 radical (unpaired) electrons. The summed E-state index contributed by atoms with van der Waals surface area (Å²) in [4.78, 5) is 1.95. The van der Waals surface area contributed by atoms with Crippen LogP contribution in [-0.4, -0.2) is 8.42 Å². The van der Waals surface area contributed by atoms with E-state index in [1.54, 1.807) is 11.3 Å². The largest absolute Gasteiger partial charge is 0.398 e. The molecule has 2 rings (SSSR count). The maximum atomic E-state index is 13.6. The summed E-state index contributed by atoms with van der Waals surface area (Å²) >= 11 is 1.55. The molecule has 0 saturated heterocycles. The average molecular weight is 328 g/mol. The Hall–Kier alpha value is -1.44. The molecular formula is C14H17FN2O2S2. The lowest BCUT2D eigenvalue weighted by Crippen LogP contribution is -2.23. The molecule has 0 aliphatic carbocycles. The van der Waals surface area contributed by atoms with Crippen LogP contribution in [0.3, 0.4) is 0 Å². The topological polar surface area (TPSA) is 72.2 Å². The fourth-order valence-corrected chi connectivity index (χ4v) is 3.83. The minimum Gasteiger partial charge on any atom is -0.398 e. The Kier molecular flexibility index (Phi) is 4.65. The second kappa shape index (κ2) is 6.13. The van der Waals surface area contributed by atoms with Crippen molar-refractivity contribution in [1.29, 1.82) is 0 Å². The minimum atomic E-state index is -3.78. The highest BCUT2D eigenvalue weighted by atomic mass is 32.2. The van der Waals surface area contributed by atoms with E-state index in [9.17, 15) is 12.8 Å². The number of nitrogen functional groups attached to an aromatic ring is 1. The van der Waals surface area contributed by atoms with Crippen molar-refractivity contribution in [2.24, 2.45) is 0 Å². The zero-order valence-corrected chi connectivity index (χ0v) is 13.4. The Bertz CT molecular complexity index is 731. The van der Waals surface area contributed by atoms with Gasteiger partial charge in [0.05, 0.1) is 4.90 Å². The van der Waals surface area contributed by atoms with Crippen molar-refractivity contribution in [2.45, 2.75) is 31.7 Å². The first-order valence-electron chi connectivity index (χ1n) is 6.46. The van der Waals surface area contributed by atoms with E-state index in [1.807, 2.05) is 19.1 Å². The van der Waals surface area contributed by atoms with Gasteiger partial charge in [0.2, 0.25) is 10.0 Å². The molecule has 0 saturated carbocycles. The Morgan fingerprint density at radius 3 is 2.52 bits per heavy atom. The van der Waals surface area contributed by atoms with Gasteiger partial charge in [-0.15, -0.1) is 11.3 Å². The summed E-state index contributed by atoms with van der Waals surface area (Å²) in [5.41, 5.74) is 5.99. The van der Waals surface area contributed by atoms with Crippen LogP contribution in [0.25, 0.3) is 0 Å². The van der Waals surface area contributed by atoms with E-state index in [0.29, 0.717) is 0 Å². The molecule has 0 fully saturated rings. The number of hydrogen-bond donors (Lipinski definition) is 2. The normalized spacial score (nSPS) is 11.8. The molecule has 0 amide bonds. The Morgan fingerprint density at radius 1 is 1.29 bits per heavy atom. The lowest BCUT2D eigenvalue weighted by molar-refractivity contribution is 0.577. The van der Waals surface area contributed by atoms with Gasteiger partial charge in [-0.2, -0.15) is 0 Å². The minimum absolute atomic E-state index is 0.125. The molecule has 0 aliphatic rings. The van der Waals surface area contributed by atoms with Gasteiger partial charge in [0.15, 0.2) is 0 Å². The number of sulfonamides is 1. The first-order valence-corrected chi connectivity index (χ1v) is 8.76. The van der Waals surface area contributed by atoms with E-state index in [2.05, 4.69) is 4.72 Å². The van der Waals surface area contributed by atoms with Gasteiger partial charge in [-0.3, -0.25) is 0 Å². The molecule has 7 heteroatoms. The van der Waals surface area contributed by atoms with Crippen molar-refractivity contribution < 1.29 is 12.8 Å². The maximum absolute atomic E-state index is 13.6. The van der Waals surface area contributed by atoms with Crippen LogP contribution in [0.2, 0.25) is 0 Å². The molecule has 114 valence electrons. The van der Waals surface area contributed by atoms with Crippen molar-refractivity contribution in [3.8, 4) is 0 Å². The van der Waals surface area contributed by atoms with Crippen LogP contribution in [-0.2, 0) is 23.0 Å². The van der Waals surface area contributed by atoms with Crippen LogP contribution in [0.15, 0.2) is 29.2 Å². The van der Waals surface area contributed by atoms with Crippen LogP contribution in [0.4, 0.5) is 10.1 Å². The molecule has 3 N–H and O–H groups in total. The van der Waals surface area contributed by atoms with Crippen LogP contribution < -0.4 is 10.5 Å². The summed E-state index contributed by atoms with van der Waals surface area (Å²) in [6, 6.07) is 6.11. The quantitative estimate of drug-likeness (QED) is 0.829. The van der Waals surface area contributed by atoms with E-state index in [0.717, 1.165) is 17.4 Å². The van der Waals surface area contributed by atoms with Crippen molar-refractivity contribution in [3.63, 3.8) is 0 Å². The number of nitrogens with one attached hydrogen (secondary N) is 1. The zero-order valence-electron chi connectivity index (χ0n) is 11.8. The summed E-state index contributed by atoms with van der Waals surface area (Å²) < 4.78 is 40.4. The highest BCUT2D eigenvalue weighted by Crippen LogP contribution is 2.22. The Balaban J connectivity index is 2.18. The molecule has 0 spiro atoms. The van der Waals surface area contributed by atoms with Gasteiger partial charge in [0.25, 0.3) is 0 Å². The first-order chi connectivity index (χ1) is 9.83. The van der Waals surface area contributed by atoms with Gasteiger partial charge < -0.3 is 5.73 Å². The summed E-state index contributed by atoms with van der Waals surface area (Å²) in [6.45, 7) is 3.73. The summed E-state index contributed by atoms with van der Waals surface area (Å²) in [6.07, 6.45) is 0.914. The van der Waals surface area contributed by atoms with Crippen LogP contribution >= 0.6 is 11.3 Å². The second-order valence-corrected chi connectivity index (χ2v) is 7.69. The van der Waals surface area contributed by atoms with Crippen LogP contribution in [0.5, 0.6) is 0 Å². The molecule has 0 aliphatic heterocycles. The SMILES string of the molecule is CCc1ccc(CNS(=O)(=O)c2cc(N)c(C)c(F)c2)s1. The van der Waals surface area contributed by atoms with Gasteiger partial charge in [0, 0.05) is 27.5 Å². The molecule has 1 aromatic carbocycles. The van der Waals surface area contributed by atoms with E-state index < -0.39 is 15.8 Å². The maximum Gasteiger partial charge on any atom is 0.241 e. The van der Waals surface area contributed by atoms with E-state index in [4.69, 9.17) is 5.73 Å². The number of hydrogen-bond acceptors (Lipinski definition) is 4. The summed E-state index contributed by atoms with van der Waals surface area (Å²) in [5.74, 6) is -0.625. The number of thiophene rings is 1. The lowest BCUT2D eigenvalue weighted by atomic mass is 10.2. The molecular weight excluding hydrogens is 311 g/mol. The van der Waals surface area contributed by atoms with Crippen LogP contribution in [0, 0.1) is 12.7 Å². The fraction of sp³-hybridized carbons (Fsp3) is 0.286. The van der Waals surface area contributed by atoms with Crippen molar-refractivity contribution in [3.05, 3.63) is 45.4 Å². The molecule has 4 nitrogen and oxygen atoms in total. The number of halogens is 1. The number of benzene rings is 1. The predicted molar refractivity (Wildman–Crippen MR) is 83.3 cm³/mol. The molecule has 21 heavy (non-hydrogen) atoms. The fourth-order valence-electron chi connectivity index (χ4n) is 1.79. The van der Waals surface area contributed by atoms with E-state index >= 15 is 0 Å². The third kappa shape index (κ3) is 3.61. The van der Waals surface area contributed by atoms with Gasteiger partial charge in [-0.25, -0.2) is 17.5 Å². The number of anilines is 1. The molecule has 0 bridgehead atoms. The van der Waals surface area contributed by atoms with Crippen molar-refractivity contribution in [1.82, 2.24) is 4.72 Å². The highest BCUT2D eigenvalue weighted by Gasteiger charge is 2.17. The average Bonchev–Trinajstić information content (AvgIpc) is 2.90.